The van der Waals surface area contributed by atoms with E-state index >= 15 is 0 Å². The SMILES string of the molecule is CC(C)C1CNCC12CCO2. The Morgan fingerprint density at radius 3 is 2.64 bits per heavy atom. The van der Waals surface area contributed by atoms with Gasteiger partial charge in [-0.15, -0.1) is 0 Å². The third kappa shape index (κ3) is 1.00. The molecule has 2 nitrogen and oxygen atoms in total. The average molecular weight is 155 g/mol. The van der Waals surface area contributed by atoms with Gasteiger partial charge in [0, 0.05) is 25.4 Å². The lowest BCUT2D eigenvalue weighted by molar-refractivity contribution is -0.166. The molecule has 2 heteroatoms. The van der Waals surface area contributed by atoms with Crippen molar-refractivity contribution in [1.82, 2.24) is 5.32 Å². The van der Waals surface area contributed by atoms with Gasteiger partial charge in [-0.1, -0.05) is 13.8 Å². The molecule has 1 N–H and O–H groups in total. The van der Waals surface area contributed by atoms with Crippen LogP contribution in [-0.4, -0.2) is 25.3 Å². The summed E-state index contributed by atoms with van der Waals surface area (Å²) in [6.45, 7) is 7.79. The molecule has 0 bridgehead atoms. The van der Waals surface area contributed by atoms with Crippen LogP contribution in [0, 0.1) is 11.8 Å². The zero-order valence-corrected chi connectivity index (χ0v) is 7.39. The van der Waals surface area contributed by atoms with Crippen LogP contribution in [0.25, 0.3) is 0 Å². The molecule has 11 heavy (non-hydrogen) atoms. The molecule has 2 rings (SSSR count). The van der Waals surface area contributed by atoms with Gasteiger partial charge in [0.2, 0.25) is 0 Å². The molecule has 1 spiro atoms. The van der Waals surface area contributed by atoms with Crippen LogP contribution in [0.2, 0.25) is 0 Å². The Labute approximate surface area is 68.3 Å². The van der Waals surface area contributed by atoms with Gasteiger partial charge in [-0.3, -0.25) is 0 Å². The van der Waals surface area contributed by atoms with Crippen molar-refractivity contribution in [3.63, 3.8) is 0 Å². The number of nitrogens with one attached hydrogen (secondary N) is 1. The van der Waals surface area contributed by atoms with E-state index in [-0.39, 0.29) is 5.60 Å². The van der Waals surface area contributed by atoms with Crippen LogP contribution in [0.5, 0.6) is 0 Å². The molecule has 0 aliphatic carbocycles. The molecule has 2 unspecified atom stereocenters. The third-order valence-corrected chi connectivity index (χ3v) is 3.18. The Morgan fingerprint density at radius 2 is 2.27 bits per heavy atom. The van der Waals surface area contributed by atoms with E-state index in [1.807, 2.05) is 0 Å². The number of hydrogen-bond donors (Lipinski definition) is 1. The van der Waals surface area contributed by atoms with Crippen molar-refractivity contribution >= 4 is 0 Å². The highest BCUT2D eigenvalue weighted by atomic mass is 16.5. The summed E-state index contributed by atoms with van der Waals surface area (Å²) in [6, 6.07) is 0. The molecule has 0 aromatic carbocycles. The fourth-order valence-electron chi connectivity index (χ4n) is 2.40. The smallest absolute Gasteiger partial charge is 0.0870 e. The van der Waals surface area contributed by atoms with Gasteiger partial charge in [0.25, 0.3) is 0 Å². The lowest BCUT2D eigenvalue weighted by Gasteiger charge is -2.44. The van der Waals surface area contributed by atoms with Gasteiger partial charge in [0.15, 0.2) is 0 Å². The van der Waals surface area contributed by atoms with Gasteiger partial charge in [-0.05, 0) is 5.92 Å². The molecule has 2 fully saturated rings. The zero-order valence-electron chi connectivity index (χ0n) is 7.39. The second kappa shape index (κ2) is 2.46. The summed E-state index contributed by atoms with van der Waals surface area (Å²) < 4.78 is 5.69. The molecule has 0 amide bonds. The van der Waals surface area contributed by atoms with Crippen molar-refractivity contribution in [3.8, 4) is 0 Å². The highest BCUT2D eigenvalue weighted by Crippen LogP contribution is 2.40. The van der Waals surface area contributed by atoms with Crippen LogP contribution >= 0.6 is 0 Å². The van der Waals surface area contributed by atoms with Crippen LogP contribution < -0.4 is 5.32 Å². The quantitative estimate of drug-likeness (QED) is 0.610. The largest absolute Gasteiger partial charge is 0.373 e. The average Bonchev–Trinajstić information content (AvgIpc) is 2.27. The first kappa shape index (κ1) is 7.56. The Balaban J connectivity index is 2.07. The minimum Gasteiger partial charge on any atom is -0.373 e. The van der Waals surface area contributed by atoms with Gasteiger partial charge >= 0.3 is 0 Å². The minimum absolute atomic E-state index is 0.244. The Bertz CT molecular complexity index is 152. The molecular formula is C9H17NO. The van der Waals surface area contributed by atoms with Crippen LogP contribution in [0.15, 0.2) is 0 Å². The second-order valence-electron chi connectivity index (χ2n) is 4.14. The van der Waals surface area contributed by atoms with Crippen molar-refractivity contribution in [2.45, 2.75) is 25.9 Å². The van der Waals surface area contributed by atoms with Crippen molar-refractivity contribution in [2.24, 2.45) is 11.8 Å². The molecule has 2 atom stereocenters. The Morgan fingerprint density at radius 1 is 1.55 bits per heavy atom. The predicted molar refractivity (Wildman–Crippen MR) is 44.5 cm³/mol. The molecule has 0 saturated carbocycles. The maximum atomic E-state index is 5.69. The zero-order chi connectivity index (χ0) is 7.90. The molecule has 0 aromatic heterocycles. The fraction of sp³-hybridized carbons (Fsp3) is 1.00. The molecule has 2 heterocycles. The van der Waals surface area contributed by atoms with E-state index in [2.05, 4.69) is 19.2 Å². The molecule has 2 saturated heterocycles. The van der Waals surface area contributed by atoms with Gasteiger partial charge < -0.3 is 10.1 Å². The van der Waals surface area contributed by atoms with E-state index in [0.717, 1.165) is 31.5 Å². The summed E-state index contributed by atoms with van der Waals surface area (Å²) in [5.74, 6) is 1.50. The van der Waals surface area contributed by atoms with Gasteiger partial charge in [-0.2, -0.15) is 0 Å². The monoisotopic (exact) mass is 155 g/mol. The highest BCUT2D eigenvalue weighted by molar-refractivity contribution is 5.02. The summed E-state index contributed by atoms with van der Waals surface area (Å²) >= 11 is 0. The van der Waals surface area contributed by atoms with Crippen molar-refractivity contribution in [3.05, 3.63) is 0 Å². The summed E-state index contributed by atoms with van der Waals surface area (Å²) in [5.41, 5.74) is 0.244. The minimum atomic E-state index is 0.244. The lowest BCUT2D eigenvalue weighted by atomic mass is 9.78. The maximum Gasteiger partial charge on any atom is 0.0870 e. The fourth-order valence-corrected chi connectivity index (χ4v) is 2.40. The van der Waals surface area contributed by atoms with Gasteiger partial charge in [0.1, 0.15) is 0 Å². The predicted octanol–water partition coefficient (Wildman–Crippen LogP) is 1.02. The molecule has 2 aliphatic heterocycles. The first-order chi connectivity index (χ1) is 5.25. The van der Waals surface area contributed by atoms with Crippen molar-refractivity contribution < 1.29 is 4.74 Å². The number of hydrogen-bond acceptors (Lipinski definition) is 2. The third-order valence-electron chi connectivity index (χ3n) is 3.18. The molecule has 64 valence electrons. The first-order valence-corrected chi connectivity index (χ1v) is 4.59. The lowest BCUT2D eigenvalue weighted by Crippen LogP contribution is -2.51. The summed E-state index contributed by atoms with van der Waals surface area (Å²) in [6.07, 6.45) is 1.27. The summed E-state index contributed by atoms with van der Waals surface area (Å²) in [7, 11) is 0. The van der Waals surface area contributed by atoms with Gasteiger partial charge in [-0.25, -0.2) is 0 Å². The van der Waals surface area contributed by atoms with E-state index in [4.69, 9.17) is 4.74 Å². The maximum absolute atomic E-state index is 5.69. The molecular weight excluding hydrogens is 138 g/mol. The topological polar surface area (TPSA) is 21.3 Å². The van der Waals surface area contributed by atoms with E-state index < -0.39 is 0 Å². The summed E-state index contributed by atoms with van der Waals surface area (Å²) in [5, 5.41) is 3.42. The summed E-state index contributed by atoms with van der Waals surface area (Å²) in [4.78, 5) is 0. The van der Waals surface area contributed by atoms with E-state index in [9.17, 15) is 0 Å². The highest BCUT2D eigenvalue weighted by Gasteiger charge is 2.49. The van der Waals surface area contributed by atoms with E-state index in [1.165, 1.54) is 6.42 Å². The Hall–Kier alpha value is -0.0800. The number of rotatable bonds is 1. The number of ether oxygens (including phenoxy) is 1. The van der Waals surface area contributed by atoms with Crippen LogP contribution in [-0.2, 0) is 4.74 Å². The molecule has 0 radical (unpaired) electrons. The Kier molecular flexibility index (Phi) is 1.69. The normalized spacial score (nSPS) is 43.4. The van der Waals surface area contributed by atoms with Crippen LogP contribution in [0.1, 0.15) is 20.3 Å². The van der Waals surface area contributed by atoms with Crippen LogP contribution in [0.3, 0.4) is 0 Å². The van der Waals surface area contributed by atoms with E-state index in [0.29, 0.717) is 0 Å². The van der Waals surface area contributed by atoms with Crippen molar-refractivity contribution in [2.75, 3.05) is 19.7 Å². The van der Waals surface area contributed by atoms with Gasteiger partial charge in [0.05, 0.1) is 12.2 Å². The van der Waals surface area contributed by atoms with Crippen LogP contribution in [0.4, 0.5) is 0 Å². The van der Waals surface area contributed by atoms with E-state index in [1.54, 1.807) is 0 Å². The standard InChI is InChI=1S/C9H17NO/c1-7(2)8-5-10-6-9(8)3-4-11-9/h7-8,10H,3-6H2,1-2H3. The first-order valence-electron chi connectivity index (χ1n) is 4.59. The molecule has 2 aliphatic rings. The molecule has 0 aromatic rings. The van der Waals surface area contributed by atoms with Crippen molar-refractivity contribution in [1.29, 1.82) is 0 Å². The second-order valence-corrected chi connectivity index (χ2v) is 4.14.